The number of furan rings is 1. The van der Waals surface area contributed by atoms with Crippen LogP contribution in [0.25, 0.3) is 0 Å². The minimum atomic E-state index is 0.000267. The predicted molar refractivity (Wildman–Crippen MR) is 74.2 cm³/mol. The summed E-state index contributed by atoms with van der Waals surface area (Å²) in [6.07, 6.45) is 6.66. The Morgan fingerprint density at radius 1 is 1.56 bits per heavy atom. The second-order valence-electron chi connectivity index (χ2n) is 5.95. The van der Waals surface area contributed by atoms with E-state index in [1.807, 2.05) is 12.1 Å². The Morgan fingerprint density at radius 3 is 3.00 bits per heavy atom. The lowest BCUT2D eigenvalue weighted by Crippen LogP contribution is -2.52. The second-order valence-corrected chi connectivity index (χ2v) is 5.95. The van der Waals surface area contributed by atoms with Gasteiger partial charge in [0.25, 0.3) is 0 Å². The van der Waals surface area contributed by atoms with Gasteiger partial charge in [0.1, 0.15) is 5.76 Å². The van der Waals surface area contributed by atoms with E-state index in [9.17, 15) is 0 Å². The fourth-order valence-corrected chi connectivity index (χ4v) is 3.19. The number of nitrogens with two attached hydrogens (primary N) is 1. The fourth-order valence-electron chi connectivity index (χ4n) is 3.19. The van der Waals surface area contributed by atoms with E-state index in [-0.39, 0.29) is 5.54 Å². The summed E-state index contributed by atoms with van der Waals surface area (Å²) in [5, 5.41) is 0. The Bertz CT molecular complexity index is 349. The molecule has 1 fully saturated rings. The van der Waals surface area contributed by atoms with E-state index < -0.39 is 0 Å². The van der Waals surface area contributed by atoms with E-state index in [0.29, 0.717) is 0 Å². The molecule has 3 nitrogen and oxygen atoms in total. The molecule has 2 atom stereocenters. The normalized spacial score (nSPS) is 28.8. The Morgan fingerprint density at radius 2 is 2.39 bits per heavy atom. The minimum absolute atomic E-state index is 0.000267. The van der Waals surface area contributed by atoms with Crippen LogP contribution in [-0.2, 0) is 6.54 Å². The van der Waals surface area contributed by atoms with Crippen molar-refractivity contribution in [1.29, 1.82) is 0 Å². The maximum Gasteiger partial charge on any atom is 0.117 e. The predicted octanol–water partition coefficient (Wildman–Crippen LogP) is 3.01. The molecular formula is C15H26N2O. The summed E-state index contributed by atoms with van der Waals surface area (Å²) in [7, 11) is 0. The van der Waals surface area contributed by atoms with Crippen molar-refractivity contribution in [2.45, 2.75) is 51.6 Å². The van der Waals surface area contributed by atoms with Gasteiger partial charge in [-0.25, -0.2) is 0 Å². The van der Waals surface area contributed by atoms with Crippen LogP contribution in [0.1, 0.15) is 45.3 Å². The van der Waals surface area contributed by atoms with Crippen LogP contribution in [0, 0.1) is 5.92 Å². The molecule has 18 heavy (non-hydrogen) atoms. The zero-order chi connectivity index (χ0) is 13.0. The fraction of sp³-hybridized carbons (Fsp3) is 0.733. The Balaban J connectivity index is 1.92. The first kappa shape index (κ1) is 13.6. The number of hydrogen-bond acceptors (Lipinski definition) is 3. The average molecular weight is 250 g/mol. The van der Waals surface area contributed by atoms with Crippen LogP contribution in [0.4, 0.5) is 0 Å². The van der Waals surface area contributed by atoms with Gasteiger partial charge in [0.05, 0.1) is 12.8 Å². The molecule has 0 bridgehead atoms. The van der Waals surface area contributed by atoms with E-state index >= 15 is 0 Å². The summed E-state index contributed by atoms with van der Waals surface area (Å²) in [5.41, 5.74) is 6.58. The first-order valence-corrected chi connectivity index (χ1v) is 7.15. The topological polar surface area (TPSA) is 42.4 Å². The van der Waals surface area contributed by atoms with Crippen LogP contribution in [0.5, 0.6) is 0 Å². The molecule has 2 unspecified atom stereocenters. The van der Waals surface area contributed by atoms with Crippen molar-refractivity contribution in [3.8, 4) is 0 Å². The molecule has 0 amide bonds. The van der Waals surface area contributed by atoms with Crippen LogP contribution in [0.15, 0.2) is 22.8 Å². The standard InChI is InChI=1S/C15H26N2O/c1-3-17(11-14-7-5-9-18-14)12-15(16)8-4-6-13(2)10-15/h5,7,9,13H,3-4,6,8,10-12,16H2,1-2H3. The largest absolute Gasteiger partial charge is 0.468 e. The molecule has 1 saturated carbocycles. The molecular weight excluding hydrogens is 224 g/mol. The lowest BCUT2D eigenvalue weighted by atomic mass is 9.77. The minimum Gasteiger partial charge on any atom is -0.468 e. The van der Waals surface area contributed by atoms with Crippen LogP contribution in [0.2, 0.25) is 0 Å². The lowest BCUT2D eigenvalue weighted by Gasteiger charge is -2.40. The van der Waals surface area contributed by atoms with Gasteiger partial charge in [-0.2, -0.15) is 0 Å². The van der Waals surface area contributed by atoms with Crippen LogP contribution >= 0.6 is 0 Å². The quantitative estimate of drug-likeness (QED) is 0.873. The second kappa shape index (κ2) is 5.89. The Hall–Kier alpha value is -0.800. The molecule has 102 valence electrons. The molecule has 0 radical (unpaired) electrons. The van der Waals surface area contributed by atoms with Gasteiger partial charge in [-0.05, 0) is 37.4 Å². The van der Waals surface area contributed by atoms with Gasteiger partial charge in [-0.15, -0.1) is 0 Å². The van der Waals surface area contributed by atoms with Crippen molar-refractivity contribution in [3.63, 3.8) is 0 Å². The van der Waals surface area contributed by atoms with Gasteiger partial charge in [-0.3, -0.25) is 4.90 Å². The van der Waals surface area contributed by atoms with Gasteiger partial charge in [-0.1, -0.05) is 26.7 Å². The highest BCUT2D eigenvalue weighted by Gasteiger charge is 2.32. The van der Waals surface area contributed by atoms with E-state index in [1.165, 1.54) is 12.8 Å². The van der Waals surface area contributed by atoms with Crippen LogP contribution in [-0.4, -0.2) is 23.5 Å². The molecule has 2 N–H and O–H groups in total. The molecule has 3 heteroatoms. The lowest BCUT2D eigenvalue weighted by molar-refractivity contribution is 0.143. The first-order chi connectivity index (χ1) is 8.61. The zero-order valence-corrected chi connectivity index (χ0v) is 11.7. The molecule has 0 aromatic carbocycles. The third-order valence-electron chi connectivity index (χ3n) is 4.07. The maximum absolute atomic E-state index is 6.58. The molecule has 0 aliphatic heterocycles. The van der Waals surface area contributed by atoms with Crippen molar-refractivity contribution >= 4 is 0 Å². The van der Waals surface area contributed by atoms with E-state index in [1.54, 1.807) is 6.26 Å². The first-order valence-electron chi connectivity index (χ1n) is 7.15. The summed E-state index contributed by atoms with van der Waals surface area (Å²) < 4.78 is 5.43. The Labute approximate surface area is 110 Å². The summed E-state index contributed by atoms with van der Waals surface area (Å²) >= 11 is 0. The number of likely N-dealkylation sites (N-methyl/N-ethyl adjacent to an activating group) is 1. The number of hydrogen-bond donors (Lipinski definition) is 1. The van der Waals surface area contributed by atoms with E-state index in [4.69, 9.17) is 10.2 Å². The molecule has 0 saturated heterocycles. The van der Waals surface area contributed by atoms with Crippen LogP contribution < -0.4 is 5.73 Å². The van der Waals surface area contributed by atoms with Gasteiger partial charge >= 0.3 is 0 Å². The average Bonchev–Trinajstić information content (AvgIpc) is 2.80. The number of rotatable bonds is 5. The van der Waals surface area contributed by atoms with Crippen molar-refractivity contribution in [2.75, 3.05) is 13.1 Å². The van der Waals surface area contributed by atoms with Gasteiger partial charge < -0.3 is 10.2 Å². The summed E-state index contributed by atoms with van der Waals surface area (Å²) in [4.78, 5) is 2.40. The highest BCUT2D eigenvalue weighted by Crippen LogP contribution is 2.31. The highest BCUT2D eigenvalue weighted by molar-refractivity contribution is 4.99. The highest BCUT2D eigenvalue weighted by atomic mass is 16.3. The Kier molecular flexibility index (Phi) is 4.46. The molecule has 1 aliphatic carbocycles. The maximum atomic E-state index is 6.58. The molecule has 0 spiro atoms. The van der Waals surface area contributed by atoms with Crippen molar-refractivity contribution in [1.82, 2.24) is 4.90 Å². The summed E-state index contributed by atoms with van der Waals surface area (Å²) in [6, 6.07) is 3.99. The molecule has 1 aromatic rings. The van der Waals surface area contributed by atoms with Crippen molar-refractivity contribution in [3.05, 3.63) is 24.2 Å². The van der Waals surface area contributed by atoms with Crippen molar-refractivity contribution in [2.24, 2.45) is 11.7 Å². The summed E-state index contributed by atoms with van der Waals surface area (Å²) in [6.45, 7) is 7.39. The van der Waals surface area contributed by atoms with Gasteiger partial charge in [0.15, 0.2) is 0 Å². The number of nitrogens with zero attached hydrogens (tertiary/aromatic N) is 1. The zero-order valence-electron chi connectivity index (χ0n) is 11.7. The summed E-state index contributed by atoms with van der Waals surface area (Å²) in [5.74, 6) is 1.80. The molecule has 1 heterocycles. The van der Waals surface area contributed by atoms with E-state index in [0.717, 1.165) is 44.2 Å². The SMILES string of the molecule is CCN(Cc1ccco1)CC1(N)CCCC(C)C1. The molecule has 1 aromatic heterocycles. The molecule has 1 aliphatic rings. The smallest absolute Gasteiger partial charge is 0.117 e. The monoisotopic (exact) mass is 250 g/mol. The van der Waals surface area contributed by atoms with E-state index in [2.05, 4.69) is 18.7 Å². The van der Waals surface area contributed by atoms with Crippen LogP contribution in [0.3, 0.4) is 0 Å². The van der Waals surface area contributed by atoms with Gasteiger partial charge in [0.2, 0.25) is 0 Å². The van der Waals surface area contributed by atoms with Gasteiger partial charge in [0, 0.05) is 12.1 Å². The van der Waals surface area contributed by atoms with Crippen molar-refractivity contribution < 1.29 is 4.42 Å². The third-order valence-corrected chi connectivity index (χ3v) is 4.07. The third kappa shape index (κ3) is 3.59. The molecule has 2 rings (SSSR count).